The predicted octanol–water partition coefficient (Wildman–Crippen LogP) is 3.17. The van der Waals surface area contributed by atoms with Crippen LogP contribution >= 0.6 is 11.6 Å². The van der Waals surface area contributed by atoms with Gasteiger partial charge in [-0.05, 0) is 30.5 Å². The zero-order valence-electron chi connectivity index (χ0n) is 9.58. The lowest BCUT2D eigenvalue weighted by atomic mass is 10.1. The van der Waals surface area contributed by atoms with E-state index in [9.17, 15) is 0 Å². The Morgan fingerprint density at radius 3 is 2.81 bits per heavy atom. The van der Waals surface area contributed by atoms with Gasteiger partial charge in [0.25, 0.3) is 0 Å². The van der Waals surface area contributed by atoms with Gasteiger partial charge in [0, 0.05) is 24.2 Å². The number of rotatable bonds is 2. The van der Waals surface area contributed by atoms with Gasteiger partial charge >= 0.3 is 0 Å². The highest BCUT2D eigenvalue weighted by Crippen LogP contribution is 2.22. The molecule has 16 heavy (non-hydrogen) atoms. The van der Waals surface area contributed by atoms with Crippen molar-refractivity contribution in [1.29, 1.82) is 0 Å². The Balaban J connectivity index is 2.02. The van der Waals surface area contributed by atoms with E-state index in [-0.39, 0.29) is 6.10 Å². The Hall–Kier alpha value is -0.570. The smallest absolute Gasteiger partial charge is 0.0949 e. The summed E-state index contributed by atoms with van der Waals surface area (Å²) in [5.74, 6) is 0. The van der Waals surface area contributed by atoms with Crippen molar-refractivity contribution in [3.05, 3.63) is 34.9 Å². The fourth-order valence-electron chi connectivity index (χ4n) is 2.03. The van der Waals surface area contributed by atoms with Gasteiger partial charge in [-0.15, -0.1) is 0 Å². The lowest BCUT2D eigenvalue weighted by Gasteiger charge is -2.16. The van der Waals surface area contributed by atoms with Crippen molar-refractivity contribution in [3.63, 3.8) is 0 Å². The van der Waals surface area contributed by atoms with E-state index < -0.39 is 0 Å². The highest BCUT2D eigenvalue weighted by atomic mass is 35.5. The maximum atomic E-state index is 5.87. The van der Waals surface area contributed by atoms with E-state index >= 15 is 0 Å². The fourth-order valence-corrected chi connectivity index (χ4v) is 2.15. The second-order valence-electron chi connectivity index (χ2n) is 4.21. The van der Waals surface area contributed by atoms with Gasteiger partial charge in [0.15, 0.2) is 0 Å². The fraction of sp³-hybridized carbons (Fsp3) is 0.538. The van der Waals surface area contributed by atoms with Gasteiger partial charge in [-0.25, -0.2) is 0 Å². The molecule has 0 aliphatic carbocycles. The monoisotopic (exact) mass is 239 g/mol. The van der Waals surface area contributed by atoms with Crippen LogP contribution in [0.2, 0.25) is 5.02 Å². The molecule has 1 saturated heterocycles. The summed E-state index contributed by atoms with van der Waals surface area (Å²) in [6, 6.07) is 8.52. The summed E-state index contributed by atoms with van der Waals surface area (Å²) in [7, 11) is 0. The average molecular weight is 240 g/mol. The minimum absolute atomic E-state index is 0.161. The third-order valence-corrected chi connectivity index (χ3v) is 3.36. The molecule has 88 valence electrons. The number of halogens is 1. The van der Waals surface area contributed by atoms with E-state index in [1.807, 2.05) is 24.3 Å². The van der Waals surface area contributed by atoms with Crippen LogP contribution in [0.25, 0.3) is 0 Å². The topological polar surface area (TPSA) is 21.3 Å². The largest absolute Gasteiger partial charge is 0.372 e. The standard InChI is InChI=1S/C13H18ClNO/c1-2-12-7-8-16-13(9-15-12)10-3-5-11(14)6-4-10/h3-6,12-13,15H,2,7-9H2,1H3. The van der Waals surface area contributed by atoms with Crippen LogP contribution in [-0.4, -0.2) is 19.2 Å². The molecular weight excluding hydrogens is 222 g/mol. The minimum Gasteiger partial charge on any atom is -0.372 e. The van der Waals surface area contributed by atoms with Crippen molar-refractivity contribution in [2.75, 3.05) is 13.2 Å². The van der Waals surface area contributed by atoms with Gasteiger partial charge in [-0.2, -0.15) is 0 Å². The second kappa shape index (κ2) is 5.67. The molecule has 1 aliphatic heterocycles. The van der Waals surface area contributed by atoms with Gasteiger partial charge in [0.1, 0.15) is 0 Å². The highest BCUT2D eigenvalue weighted by molar-refractivity contribution is 6.30. The summed E-state index contributed by atoms with van der Waals surface area (Å²) in [6.45, 7) is 3.93. The SMILES string of the molecule is CCC1CCOC(c2ccc(Cl)cc2)CN1. The molecule has 0 radical (unpaired) electrons. The van der Waals surface area contributed by atoms with Crippen molar-refractivity contribution in [1.82, 2.24) is 5.32 Å². The molecule has 1 fully saturated rings. The molecule has 2 unspecified atom stereocenters. The molecule has 3 heteroatoms. The van der Waals surface area contributed by atoms with E-state index in [0.29, 0.717) is 6.04 Å². The third-order valence-electron chi connectivity index (χ3n) is 3.11. The first-order valence-corrected chi connectivity index (χ1v) is 6.28. The molecule has 2 nitrogen and oxygen atoms in total. The molecule has 0 saturated carbocycles. The molecule has 1 aromatic carbocycles. The van der Waals surface area contributed by atoms with Gasteiger partial charge in [0.05, 0.1) is 6.10 Å². The highest BCUT2D eigenvalue weighted by Gasteiger charge is 2.18. The summed E-state index contributed by atoms with van der Waals surface area (Å²) in [5, 5.41) is 4.31. The Labute approximate surface area is 102 Å². The van der Waals surface area contributed by atoms with Crippen molar-refractivity contribution in [2.45, 2.75) is 31.9 Å². The Kier molecular flexibility index (Phi) is 4.22. The summed E-state index contributed by atoms with van der Waals surface area (Å²) in [6.07, 6.45) is 2.42. The van der Waals surface area contributed by atoms with Gasteiger partial charge in [-0.3, -0.25) is 0 Å². The lowest BCUT2D eigenvalue weighted by molar-refractivity contribution is 0.0663. The summed E-state index contributed by atoms with van der Waals surface area (Å²) >= 11 is 5.87. The molecule has 1 aliphatic rings. The number of hydrogen-bond acceptors (Lipinski definition) is 2. The Morgan fingerprint density at radius 1 is 1.38 bits per heavy atom. The van der Waals surface area contributed by atoms with E-state index in [1.54, 1.807) is 0 Å². The van der Waals surface area contributed by atoms with E-state index in [1.165, 1.54) is 5.56 Å². The molecule has 2 atom stereocenters. The first kappa shape index (κ1) is 11.9. The maximum absolute atomic E-state index is 5.87. The first-order chi connectivity index (χ1) is 7.79. The van der Waals surface area contributed by atoms with Crippen LogP contribution < -0.4 is 5.32 Å². The minimum atomic E-state index is 0.161. The van der Waals surface area contributed by atoms with Crippen molar-refractivity contribution in [3.8, 4) is 0 Å². The van der Waals surface area contributed by atoms with E-state index in [2.05, 4.69) is 12.2 Å². The molecule has 2 rings (SSSR count). The zero-order valence-corrected chi connectivity index (χ0v) is 10.3. The van der Waals surface area contributed by atoms with Gasteiger partial charge in [0.2, 0.25) is 0 Å². The molecule has 0 spiro atoms. The second-order valence-corrected chi connectivity index (χ2v) is 4.65. The zero-order chi connectivity index (χ0) is 11.4. The maximum Gasteiger partial charge on any atom is 0.0949 e. The number of nitrogens with one attached hydrogen (secondary N) is 1. The van der Waals surface area contributed by atoms with Crippen molar-refractivity contribution in [2.24, 2.45) is 0 Å². The van der Waals surface area contributed by atoms with Crippen LogP contribution in [0, 0.1) is 0 Å². The van der Waals surface area contributed by atoms with Gasteiger partial charge < -0.3 is 10.1 Å². The first-order valence-electron chi connectivity index (χ1n) is 5.90. The quantitative estimate of drug-likeness (QED) is 0.856. The van der Waals surface area contributed by atoms with Crippen LogP contribution in [0.5, 0.6) is 0 Å². The number of hydrogen-bond donors (Lipinski definition) is 1. The normalized spacial score (nSPS) is 26.4. The molecular formula is C13H18ClNO. The van der Waals surface area contributed by atoms with E-state index in [0.717, 1.165) is 31.0 Å². The van der Waals surface area contributed by atoms with E-state index in [4.69, 9.17) is 16.3 Å². The molecule has 1 heterocycles. The van der Waals surface area contributed by atoms with Crippen LogP contribution in [-0.2, 0) is 4.74 Å². The van der Waals surface area contributed by atoms with Crippen molar-refractivity contribution >= 4 is 11.6 Å². The molecule has 0 bridgehead atoms. The Bertz CT molecular complexity index is 325. The summed E-state index contributed by atoms with van der Waals surface area (Å²) in [5.41, 5.74) is 1.20. The predicted molar refractivity (Wildman–Crippen MR) is 66.8 cm³/mol. The average Bonchev–Trinajstić information content (AvgIpc) is 2.55. The Morgan fingerprint density at radius 2 is 2.12 bits per heavy atom. The molecule has 1 N–H and O–H groups in total. The molecule has 1 aromatic rings. The molecule has 0 amide bonds. The third kappa shape index (κ3) is 2.97. The summed E-state index contributed by atoms with van der Waals surface area (Å²) < 4.78 is 5.86. The summed E-state index contributed by atoms with van der Waals surface area (Å²) in [4.78, 5) is 0. The molecule has 0 aromatic heterocycles. The van der Waals surface area contributed by atoms with Crippen LogP contribution in [0.15, 0.2) is 24.3 Å². The van der Waals surface area contributed by atoms with Crippen LogP contribution in [0.3, 0.4) is 0 Å². The lowest BCUT2D eigenvalue weighted by Crippen LogP contribution is -2.29. The van der Waals surface area contributed by atoms with Crippen LogP contribution in [0.4, 0.5) is 0 Å². The van der Waals surface area contributed by atoms with Gasteiger partial charge in [-0.1, -0.05) is 30.7 Å². The van der Waals surface area contributed by atoms with Crippen molar-refractivity contribution < 1.29 is 4.74 Å². The number of ether oxygens (including phenoxy) is 1. The van der Waals surface area contributed by atoms with Crippen LogP contribution in [0.1, 0.15) is 31.4 Å². The number of benzene rings is 1.